The van der Waals surface area contributed by atoms with E-state index in [1.807, 2.05) is 24.3 Å². The Labute approximate surface area is 136 Å². The van der Waals surface area contributed by atoms with E-state index < -0.39 is 6.10 Å². The molecule has 2 unspecified atom stereocenters. The third kappa shape index (κ3) is 3.17. The zero-order chi connectivity index (χ0) is 15.7. The second-order valence-electron chi connectivity index (χ2n) is 6.68. The lowest BCUT2D eigenvalue weighted by atomic mass is 9.91. The average Bonchev–Trinajstić information content (AvgIpc) is 3.05. The number of aliphatic hydroxyl groups is 1. The van der Waals surface area contributed by atoms with E-state index in [-0.39, 0.29) is 11.7 Å². The summed E-state index contributed by atoms with van der Waals surface area (Å²) < 4.78 is 17.4. The molecule has 23 heavy (non-hydrogen) atoms. The molecule has 1 aromatic rings. The molecule has 0 radical (unpaired) electrons. The highest BCUT2D eigenvalue weighted by molar-refractivity contribution is 5.40. The number of likely N-dealkylation sites (tertiary alicyclic amines) is 1. The molecule has 2 N–H and O–H groups in total. The van der Waals surface area contributed by atoms with Gasteiger partial charge in [-0.3, -0.25) is 5.32 Å². The normalized spacial score (nSPS) is 28.0. The third-order valence-electron chi connectivity index (χ3n) is 5.10. The smallest absolute Gasteiger partial charge is 0.161 e. The molecule has 1 spiro atoms. The van der Waals surface area contributed by atoms with Crippen LogP contribution in [0.3, 0.4) is 0 Å². The molecule has 126 valence electrons. The summed E-state index contributed by atoms with van der Waals surface area (Å²) in [7, 11) is 0. The Bertz CT molecular complexity index is 537. The molecule has 2 saturated heterocycles. The second-order valence-corrected chi connectivity index (χ2v) is 6.68. The number of benzene rings is 1. The molecule has 0 aromatic heterocycles. The van der Waals surface area contributed by atoms with Gasteiger partial charge in [0.05, 0.1) is 12.3 Å². The van der Waals surface area contributed by atoms with Crippen LogP contribution in [0.4, 0.5) is 0 Å². The summed E-state index contributed by atoms with van der Waals surface area (Å²) in [5.41, 5.74) is 0.0187. The molecular formula is C17H24N2O4. The number of hydrogen-bond donors (Lipinski definition) is 2. The molecule has 3 aliphatic rings. The van der Waals surface area contributed by atoms with Gasteiger partial charge in [-0.2, -0.15) is 0 Å². The number of rotatable bonds is 3. The van der Waals surface area contributed by atoms with E-state index in [2.05, 4.69) is 10.2 Å². The predicted octanol–water partition coefficient (Wildman–Crippen LogP) is 0.599. The van der Waals surface area contributed by atoms with Crippen LogP contribution in [0.25, 0.3) is 0 Å². The lowest BCUT2D eigenvalue weighted by molar-refractivity contribution is -0.0597. The Kier molecular flexibility index (Phi) is 4.15. The van der Waals surface area contributed by atoms with Crippen LogP contribution in [0.5, 0.6) is 11.5 Å². The Morgan fingerprint density at radius 2 is 2.04 bits per heavy atom. The number of piperidine rings is 1. The summed E-state index contributed by atoms with van der Waals surface area (Å²) in [6.07, 6.45) is 1.15. The molecular weight excluding hydrogens is 296 g/mol. The van der Waals surface area contributed by atoms with Crippen molar-refractivity contribution >= 4 is 0 Å². The van der Waals surface area contributed by atoms with E-state index in [1.54, 1.807) is 0 Å². The second kappa shape index (κ2) is 6.28. The molecule has 0 amide bonds. The van der Waals surface area contributed by atoms with Gasteiger partial charge in [0, 0.05) is 26.2 Å². The van der Waals surface area contributed by atoms with Gasteiger partial charge in [-0.25, -0.2) is 0 Å². The lowest BCUT2D eigenvalue weighted by Crippen LogP contribution is -2.51. The number of hydrogen-bond acceptors (Lipinski definition) is 6. The van der Waals surface area contributed by atoms with Gasteiger partial charge in [0.1, 0.15) is 12.7 Å². The van der Waals surface area contributed by atoms with Gasteiger partial charge in [-0.15, -0.1) is 0 Å². The number of fused-ring (bicyclic) bond motifs is 1. The van der Waals surface area contributed by atoms with Crippen LogP contribution in [-0.2, 0) is 4.74 Å². The molecule has 3 aliphatic heterocycles. The number of aliphatic hydroxyl groups excluding tert-OH is 1. The van der Waals surface area contributed by atoms with E-state index >= 15 is 0 Å². The van der Waals surface area contributed by atoms with Gasteiger partial charge < -0.3 is 24.2 Å². The Morgan fingerprint density at radius 3 is 2.78 bits per heavy atom. The highest BCUT2D eigenvalue weighted by atomic mass is 16.6. The minimum Gasteiger partial charge on any atom is -0.486 e. The van der Waals surface area contributed by atoms with Crippen molar-refractivity contribution < 1.29 is 19.3 Å². The van der Waals surface area contributed by atoms with Crippen molar-refractivity contribution in [1.82, 2.24) is 10.2 Å². The van der Waals surface area contributed by atoms with Crippen LogP contribution >= 0.6 is 0 Å². The van der Waals surface area contributed by atoms with Crippen LogP contribution in [0.15, 0.2) is 24.3 Å². The minimum atomic E-state index is -0.556. The molecule has 1 aromatic carbocycles. The van der Waals surface area contributed by atoms with E-state index in [0.717, 1.165) is 38.2 Å². The van der Waals surface area contributed by atoms with E-state index in [9.17, 15) is 5.11 Å². The molecule has 0 saturated carbocycles. The summed E-state index contributed by atoms with van der Waals surface area (Å²) >= 11 is 0. The van der Waals surface area contributed by atoms with Gasteiger partial charge in [-0.05, 0) is 25.0 Å². The zero-order valence-corrected chi connectivity index (χ0v) is 13.2. The van der Waals surface area contributed by atoms with Crippen LogP contribution in [0.1, 0.15) is 12.8 Å². The number of nitrogens with zero attached hydrogens (tertiary/aromatic N) is 1. The summed E-state index contributed by atoms with van der Waals surface area (Å²) in [5, 5.41) is 13.8. The van der Waals surface area contributed by atoms with Crippen LogP contribution in [0.2, 0.25) is 0 Å². The first-order valence-electron chi connectivity index (χ1n) is 8.38. The summed E-state index contributed by atoms with van der Waals surface area (Å²) in [6, 6.07) is 7.60. The number of β-amino-alcohol motifs (C(OH)–C–C–N with tert-alkyl or cyclic N) is 1. The molecule has 3 heterocycles. The largest absolute Gasteiger partial charge is 0.486 e. The number of para-hydroxylation sites is 2. The summed E-state index contributed by atoms with van der Waals surface area (Å²) in [4.78, 5) is 2.29. The first-order chi connectivity index (χ1) is 11.2. The average molecular weight is 320 g/mol. The molecule has 2 atom stereocenters. The van der Waals surface area contributed by atoms with Crippen molar-refractivity contribution in [2.24, 2.45) is 0 Å². The van der Waals surface area contributed by atoms with E-state index in [0.29, 0.717) is 25.6 Å². The summed E-state index contributed by atoms with van der Waals surface area (Å²) in [5.74, 6) is 1.47. The Morgan fingerprint density at radius 1 is 1.26 bits per heavy atom. The van der Waals surface area contributed by atoms with Crippen molar-refractivity contribution in [3.8, 4) is 11.5 Å². The Balaban J connectivity index is 1.30. The van der Waals surface area contributed by atoms with Crippen LogP contribution in [-0.4, -0.2) is 67.3 Å². The molecule has 6 nitrogen and oxygen atoms in total. The fourth-order valence-corrected chi connectivity index (χ4v) is 3.61. The molecule has 0 aliphatic carbocycles. The lowest BCUT2D eigenvalue weighted by Gasteiger charge is -2.39. The minimum absolute atomic E-state index is 0.0187. The van der Waals surface area contributed by atoms with Crippen molar-refractivity contribution in [3.05, 3.63) is 24.3 Å². The van der Waals surface area contributed by atoms with Gasteiger partial charge >= 0.3 is 0 Å². The maximum atomic E-state index is 10.5. The van der Waals surface area contributed by atoms with E-state index in [1.165, 1.54) is 0 Å². The first-order valence-corrected chi connectivity index (χ1v) is 8.38. The van der Waals surface area contributed by atoms with Crippen molar-refractivity contribution in [2.45, 2.75) is 30.7 Å². The first kappa shape index (κ1) is 15.2. The van der Waals surface area contributed by atoms with Crippen molar-refractivity contribution in [2.75, 3.05) is 39.5 Å². The van der Waals surface area contributed by atoms with Crippen molar-refractivity contribution in [1.29, 1.82) is 0 Å². The van der Waals surface area contributed by atoms with Crippen molar-refractivity contribution in [3.63, 3.8) is 0 Å². The molecule has 4 rings (SSSR count). The number of ether oxygens (including phenoxy) is 3. The monoisotopic (exact) mass is 320 g/mol. The summed E-state index contributed by atoms with van der Waals surface area (Å²) in [6.45, 7) is 4.50. The zero-order valence-electron chi connectivity index (χ0n) is 13.2. The highest BCUT2D eigenvalue weighted by Gasteiger charge is 2.39. The van der Waals surface area contributed by atoms with E-state index in [4.69, 9.17) is 14.2 Å². The number of nitrogens with one attached hydrogen (secondary N) is 1. The van der Waals surface area contributed by atoms with Gasteiger partial charge in [0.15, 0.2) is 17.6 Å². The van der Waals surface area contributed by atoms with Crippen LogP contribution < -0.4 is 14.8 Å². The maximum absolute atomic E-state index is 10.5. The predicted molar refractivity (Wildman–Crippen MR) is 84.7 cm³/mol. The fourth-order valence-electron chi connectivity index (χ4n) is 3.61. The SMILES string of the molecule is OC(CN1CCC2(CC1)CNCO2)C1COc2ccccc2O1. The Hall–Kier alpha value is -1.34. The van der Waals surface area contributed by atoms with Gasteiger partial charge in [-0.1, -0.05) is 12.1 Å². The van der Waals surface area contributed by atoms with Crippen LogP contribution in [0, 0.1) is 0 Å². The third-order valence-corrected chi connectivity index (χ3v) is 5.10. The molecule has 2 fully saturated rings. The molecule has 0 bridgehead atoms. The highest BCUT2D eigenvalue weighted by Crippen LogP contribution is 2.32. The quantitative estimate of drug-likeness (QED) is 0.850. The van der Waals surface area contributed by atoms with Gasteiger partial charge in [0.25, 0.3) is 0 Å². The molecule has 6 heteroatoms. The maximum Gasteiger partial charge on any atom is 0.161 e. The standard InChI is InChI=1S/C17H24N2O4/c20-13(16-10-21-14-3-1-2-4-15(14)23-16)9-19-7-5-17(6-8-19)11-18-12-22-17/h1-4,13,16,18,20H,5-12H2. The van der Waals surface area contributed by atoms with Gasteiger partial charge in [0.2, 0.25) is 0 Å². The fraction of sp³-hybridized carbons (Fsp3) is 0.647. The topological polar surface area (TPSA) is 63.2 Å².